The topological polar surface area (TPSA) is 54.0 Å². The lowest BCUT2D eigenvalue weighted by Crippen LogP contribution is -2.44. The number of benzene rings is 1. The zero-order chi connectivity index (χ0) is 18.4. The minimum absolute atomic E-state index is 0.0226. The third kappa shape index (κ3) is 5.53. The van der Waals surface area contributed by atoms with Crippen LogP contribution in [-0.4, -0.2) is 70.3 Å². The minimum Gasteiger partial charge on any atom is -0.497 e. The van der Waals surface area contributed by atoms with E-state index in [0.717, 1.165) is 49.5 Å². The predicted molar refractivity (Wildman–Crippen MR) is 99.5 cm³/mol. The third-order valence-electron chi connectivity index (χ3n) is 4.82. The molecule has 1 aliphatic heterocycles. The average molecular weight is 349 g/mol. The van der Waals surface area contributed by atoms with Crippen molar-refractivity contribution in [1.29, 1.82) is 0 Å². The van der Waals surface area contributed by atoms with Crippen molar-refractivity contribution in [2.45, 2.75) is 19.8 Å². The molecule has 1 atom stereocenters. The molecule has 2 rings (SSSR count). The summed E-state index contributed by atoms with van der Waals surface area (Å²) >= 11 is 0. The summed E-state index contributed by atoms with van der Waals surface area (Å²) in [6, 6.07) is 5.75. The highest BCUT2D eigenvalue weighted by molar-refractivity contribution is 5.73. The van der Waals surface area contributed by atoms with Crippen molar-refractivity contribution >= 4 is 6.03 Å². The predicted octanol–water partition coefficient (Wildman–Crippen LogP) is 2.23. The van der Waals surface area contributed by atoms with Crippen molar-refractivity contribution in [2.24, 2.45) is 5.41 Å². The Morgan fingerprint density at radius 2 is 1.92 bits per heavy atom. The molecular weight excluding hydrogens is 318 g/mol. The fourth-order valence-electron chi connectivity index (χ4n) is 3.50. The summed E-state index contributed by atoms with van der Waals surface area (Å²) in [6.07, 6.45) is 1.86. The summed E-state index contributed by atoms with van der Waals surface area (Å²) in [5, 5.41) is 3.00. The van der Waals surface area contributed by atoms with Gasteiger partial charge in [0.15, 0.2) is 0 Å². The molecule has 1 heterocycles. The highest BCUT2D eigenvalue weighted by atomic mass is 16.5. The maximum atomic E-state index is 12.3. The van der Waals surface area contributed by atoms with Gasteiger partial charge in [-0.3, -0.25) is 0 Å². The van der Waals surface area contributed by atoms with E-state index in [0.29, 0.717) is 6.54 Å². The molecule has 1 aromatic rings. The second-order valence-corrected chi connectivity index (χ2v) is 7.36. The molecular formula is C19H31N3O3. The molecule has 0 aliphatic carbocycles. The summed E-state index contributed by atoms with van der Waals surface area (Å²) in [5.74, 6) is 1.52. The highest BCUT2D eigenvalue weighted by Crippen LogP contribution is 2.29. The molecule has 1 N–H and O–H groups in total. The van der Waals surface area contributed by atoms with Gasteiger partial charge in [0, 0.05) is 32.7 Å². The van der Waals surface area contributed by atoms with Gasteiger partial charge in [0.05, 0.1) is 14.2 Å². The summed E-state index contributed by atoms with van der Waals surface area (Å²) in [5.41, 5.74) is 1.25. The molecule has 2 amide bonds. The van der Waals surface area contributed by atoms with Crippen LogP contribution in [-0.2, 0) is 6.42 Å². The molecule has 1 aromatic carbocycles. The first kappa shape index (κ1) is 19.4. The summed E-state index contributed by atoms with van der Waals surface area (Å²) < 4.78 is 10.6. The Balaban J connectivity index is 1.82. The lowest BCUT2D eigenvalue weighted by Gasteiger charge is -2.30. The maximum absolute atomic E-state index is 12.3. The lowest BCUT2D eigenvalue weighted by molar-refractivity contribution is 0.177. The van der Waals surface area contributed by atoms with Crippen LogP contribution < -0.4 is 14.8 Å². The summed E-state index contributed by atoms with van der Waals surface area (Å²) in [6.45, 7) is 5.74. The number of likely N-dealkylation sites (tertiary alicyclic amines) is 1. The molecule has 140 valence electrons. The van der Waals surface area contributed by atoms with E-state index in [9.17, 15) is 4.79 Å². The Morgan fingerprint density at radius 1 is 1.28 bits per heavy atom. The van der Waals surface area contributed by atoms with Crippen LogP contribution in [0.25, 0.3) is 0 Å². The van der Waals surface area contributed by atoms with Gasteiger partial charge >= 0.3 is 6.03 Å². The summed E-state index contributed by atoms with van der Waals surface area (Å²) in [7, 11) is 7.27. The van der Waals surface area contributed by atoms with Gasteiger partial charge in [-0.2, -0.15) is 0 Å². The monoisotopic (exact) mass is 349 g/mol. The molecule has 25 heavy (non-hydrogen) atoms. The van der Waals surface area contributed by atoms with E-state index < -0.39 is 0 Å². The first-order valence-corrected chi connectivity index (χ1v) is 8.75. The van der Waals surface area contributed by atoms with Gasteiger partial charge in [0.2, 0.25) is 0 Å². The van der Waals surface area contributed by atoms with Gasteiger partial charge in [-0.1, -0.05) is 6.92 Å². The van der Waals surface area contributed by atoms with E-state index in [1.54, 1.807) is 19.1 Å². The van der Waals surface area contributed by atoms with E-state index in [1.165, 1.54) is 0 Å². The van der Waals surface area contributed by atoms with Gasteiger partial charge in [0.1, 0.15) is 11.5 Å². The average Bonchev–Trinajstić information content (AvgIpc) is 2.92. The Labute approximate surface area is 151 Å². The third-order valence-corrected chi connectivity index (χ3v) is 4.82. The number of rotatable bonds is 7. The van der Waals surface area contributed by atoms with Crippen LogP contribution in [0, 0.1) is 5.41 Å². The van der Waals surface area contributed by atoms with E-state index in [2.05, 4.69) is 24.2 Å². The standard InChI is InChI=1S/C19H31N3O3/c1-19(7-9-21(2)13-19)14-22(3)18(23)20-8-6-15-10-16(24-4)12-17(11-15)25-5/h10-12H,6-9,13-14H2,1-5H3,(H,20,23)/t19-/m0/s1. The van der Waals surface area contributed by atoms with Crippen LogP contribution in [0.2, 0.25) is 0 Å². The van der Waals surface area contributed by atoms with Crippen LogP contribution in [0.4, 0.5) is 4.79 Å². The Bertz CT molecular complexity index is 571. The van der Waals surface area contributed by atoms with Crippen LogP contribution in [0.5, 0.6) is 11.5 Å². The smallest absolute Gasteiger partial charge is 0.317 e. The van der Waals surface area contributed by atoms with Crippen LogP contribution in [0.15, 0.2) is 18.2 Å². The number of urea groups is 1. The fourth-order valence-corrected chi connectivity index (χ4v) is 3.50. The molecule has 6 nitrogen and oxygen atoms in total. The van der Waals surface area contributed by atoms with E-state index in [-0.39, 0.29) is 11.4 Å². The largest absolute Gasteiger partial charge is 0.497 e. The van der Waals surface area contributed by atoms with Crippen molar-refractivity contribution in [3.8, 4) is 11.5 Å². The molecule has 0 aromatic heterocycles. The number of carbonyl (C=O) groups excluding carboxylic acids is 1. The van der Waals surface area contributed by atoms with Crippen LogP contribution >= 0.6 is 0 Å². The number of nitrogens with one attached hydrogen (secondary N) is 1. The number of ether oxygens (including phenoxy) is 2. The molecule has 0 spiro atoms. The molecule has 1 aliphatic rings. The quantitative estimate of drug-likeness (QED) is 0.820. The van der Waals surface area contributed by atoms with Crippen molar-refractivity contribution < 1.29 is 14.3 Å². The number of methoxy groups -OCH3 is 2. The van der Waals surface area contributed by atoms with Crippen molar-refractivity contribution in [3.05, 3.63) is 23.8 Å². The molecule has 1 fully saturated rings. The second-order valence-electron chi connectivity index (χ2n) is 7.36. The molecule has 6 heteroatoms. The maximum Gasteiger partial charge on any atom is 0.317 e. The van der Waals surface area contributed by atoms with Gasteiger partial charge in [-0.25, -0.2) is 4.79 Å². The first-order chi connectivity index (χ1) is 11.8. The SMILES string of the molecule is COc1cc(CCNC(=O)N(C)C[C@@]2(C)CCN(C)C2)cc(OC)c1. The number of carbonyl (C=O) groups is 1. The van der Waals surface area contributed by atoms with Gasteiger partial charge in [-0.15, -0.1) is 0 Å². The number of nitrogens with zero attached hydrogens (tertiary/aromatic N) is 2. The number of hydrogen-bond donors (Lipinski definition) is 1. The van der Waals surface area contributed by atoms with E-state index >= 15 is 0 Å². The zero-order valence-corrected chi connectivity index (χ0v) is 16.1. The Hall–Kier alpha value is -1.95. The minimum atomic E-state index is -0.0226. The van der Waals surface area contributed by atoms with Crippen LogP contribution in [0.1, 0.15) is 18.9 Å². The second kappa shape index (κ2) is 8.43. The Morgan fingerprint density at radius 3 is 2.44 bits per heavy atom. The number of hydrogen-bond acceptors (Lipinski definition) is 4. The fraction of sp³-hybridized carbons (Fsp3) is 0.632. The normalized spacial score (nSPS) is 20.4. The van der Waals surface area contributed by atoms with Crippen LogP contribution in [0.3, 0.4) is 0 Å². The Kier molecular flexibility index (Phi) is 6.53. The molecule has 0 radical (unpaired) electrons. The van der Waals surface area contributed by atoms with Crippen molar-refractivity contribution in [2.75, 3.05) is 54.5 Å². The van der Waals surface area contributed by atoms with Gasteiger partial charge in [0.25, 0.3) is 0 Å². The molecule has 1 saturated heterocycles. The molecule has 0 bridgehead atoms. The van der Waals surface area contributed by atoms with Crippen molar-refractivity contribution in [1.82, 2.24) is 15.1 Å². The zero-order valence-electron chi connectivity index (χ0n) is 16.1. The lowest BCUT2D eigenvalue weighted by atomic mass is 9.89. The van der Waals surface area contributed by atoms with E-state index in [1.807, 2.05) is 25.2 Å². The molecule has 0 saturated carbocycles. The summed E-state index contributed by atoms with van der Waals surface area (Å²) in [4.78, 5) is 16.5. The molecule has 0 unspecified atom stereocenters. The van der Waals surface area contributed by atoms with Gasteiger partial charge < -0.3 is 24.6 Å². The highest BCUT2D eigenvalue weighted by Gasteiger charge is 2.33. The van der Waals surface area contributed by atoms with Crippen molar-refractivity contribution in [3.63, 3.8) is 0 Å². The van der Waals surface area contributed by atoms with E-state index in [4.69, 9.17) is 9.47 Å². The van der Waals surface area contributed by atoms with Gasteiger partial charge in [-0.05, 0) is 49.5 Å². The first-order valence-electron chi connectivity index (χ1n) is 8.75. The number of amides is 2.